The fraction of sp³-hybridized carbons (Fsp3) is 0.583. The van der Waals surface area contributed by atoms with Crippen molar-refractivity contribution in [2.24, 2.45) is 0 Å². The Balaban J connectivity index is 0.00000128. The first-order chi connectivity index (χ1) is 7.33. The minimum atomic E-state index is 0. The van der Waals surface area contributed by atoms with E-state index in [4.69, 9.17) is 4.74 Å². The van der Waals surface area contributed by atoms with Gasteiger partial charge < -0.3 is 10.1 Å². The molecule has 15 heavy (non-hydrogen) atoms. The summed E-state index contributed by atoms with van der Waals surface area (Å²) < 4.78 is 5.25. The number of aryl methyl sites for hydroxylation is 1. The summed E-state index contributed by atoms with van der Waals surface area (Å²) in [6, 6.07) is 4.78. The first-order valence-corrected chi connectivity index (χ1v) is 5.59. The van der Waals surface area contributed by atoms with Crippen molar-refractivity contribution in [3.8, 4) is 5.75 Å². The zero-order chi connectivity index (χ0) is 10.7. The van der Waals surface area contributed by atoms with E-state index >= 15 is 0 Å². The van der Waals surface area contributed by atoms with Crippen LogP contribution in [0.4, 0.5) is 0 Å². The molecule has 2 rings (SSSR count). The monoisotopic (exact) mass is 208 g/mol. The number of rotatable bonds is 5. The minimum absolute atomic E-state index is 0. The molecule has 1 aromatic rings. The van der Waals surface area contributed by atoms with Crippen LogP contribution in [-0.4, -0.2) is 18.1 Å². The van der Waals surface area contributed by atoms with Crippen molar-refractivity contribution < 1.29 is 6.16 Å². The van der Waals surface area contributed by atoms with Crippen molar-refractivity contribution in [1.29, 1.82) is 0 Å². The number of pyridine rings is 1. The van der Waals surface area contributed by atoms with E-state index in [0.29, 0.717) is 0 Å². The Morgan fingerprint density at radius 1 is 1.53 bits per heavy atom. The molecule has 0 atom stereocenters. The Labute approximate surface area is 92.3 Å². The number of methoxy groups -OCH3 is 1. The number of aromatic nitrogens is 1. The second-order valence-corrected chi connectivity index (χ2v) is 3.96. The molecule has 1 saturated carbocycles. The third kappa shape index (κ3) is 2.69. The summed E-state index contributed by atoms with van der Waals surface area (Å²) in [6.07, 6.45) is 3.55. The zero-order valence-corrected chi connectivity index (χ0v) is 9.42. The molecule has 1 aliphatic rings. The van der Waals surface area contributed by atoms with Crippen LogP contribution >= 0.6 is 0 Å². The van der Waals surface area contributed by atoms with Crippen molar-refractivity contribution in [3.63, 3.8) is 0 Å². The Morgan fingerprint density at radius 3 is 2.93 bits per heavy atom. The summed E-state index contributed by atoms with van der Waals surface area (Å²) >= 11 is 0. The van der Waals surface area contributed by atoms with Gasteiger partial charge in [-0.15, -0.1) is 0 Å². The van der Waals surface area contributed by atoms with Crippen LogP contribution in [0.25, 0.3) is 0 Å². The quantitative estimate of drug-likeness (QED) is 0.805. The van der Waals surface area contributed by atoms with Crippen LogP contribution in [0.15, 0.2) is 12.1 Å². The molecule has 1 aromatic heterocycles. The molecule has 1 heterocycles. The minimum Gasteiger partial charge on any atom is -0.495 e. The highest BCUT2D eigenvalue weighted by molar-refractivity contribution is 5.29. The molecule has 0 amide bonds. The number of hydrogen-bond donors (Lipinski definition) is 1. The maximum atomic E-state index is 5.25. The van der Waals surface area contributed by atoms with Gasteiger partial charge >= 0.3 is 0 Å². The Hall–Kier alpha value is -1.09. The molecule has 0 bridgehead atoms. The molecule has 3 nitrogen and oxygen atoms in total. The maximum absolute atomic E-state index is 5.25. The van der Waals surface area contributed by atoms with Crippen LogP contribution in [-0.2, 0) is 13.0 Å². The fourth-order valence-electron chi connectivity index (χ4n) is 1.61. The maximum Gasteiger partial charge on any atom is 0.140 e. The van der Waals surface area contributed by atoms with Gasteiger partial charge in [0.1, 0.15) is 5.75 Å². The van der Waals surface area contributed by atoms with Crippen LogP contribution in [0.1, 0.15) is 32.6 Å². The molecule has 0 aliphatic heterocycles. The molecule has 1 aliphatic carbocycles. The predicted molar refractivity (Wildman–Crippen MR) is 62.1 cm³/mol. The van der Waals surface area contributed by atoms with E-state index in [1.165, 1.54) is 12.8 Å². The van der Waals surface area contributed by atoms with Crippen molar-refractivity contribution in [1.82, 2.24) is 10.3 Å². The van der Waals surface area contributed by atoms with E-state index in [-0.39, 0.29) is 1.43 Å². The van der Waals surface area contributed by atoms with Gasteiger partial charge in [0.25, 0.3) is 0 Å². The van der Waals surface area contributed by atoms with Gasteiger partial charge in [0.15, 0.2) is 0 Å². The van der Waals surface area contributed by atoms with E-state index in [1.807, 2.05) is 12.1 Å². The number of nitrogens with zero attached hydrogens (tertiary/aromatic N) is 1. The number of hydrogen-bond acceptors (Lipinski definition) is 3. The predicted octanol–water partition coefficient (Wildman–Crippen LogP) is 2.15. The highest BCUT2D eigenvalue weighted by atomic mass is 16.5. The van der Waals surface area contributed by atoms with E-state index in [2.05, 4.69) is 17.2 Å². The molecular formula is C12H20N2O. The summed E-state index contributed by atoms with van der Waals surface area (Å²) in [5.41, 5.74) is 2.16. The third-order valence-electron chi connectivity index (χ3n) is 2.69. The average molecular weight is 208 g/mol. The van der Waals surface area contributed by atoms with Gasteiger partial charge in [0.2, 0.25) is 0 Å². The SMILES string of the molecule is CCc1nc(CNC2CC2)ccc1OC.[HH]. The average Bonchev–Trinajstić information content (AvgIpc) is 3.09. The summed E-state index contributed by atoms with van der Waals surface area (Å²) in [7, 11) is 1.69. The second kappa shape index (κ2) is 4.62. The van der Waals surface area contributed by atoms with Crippen LogP contribution in [0.3, 0.4) is 0 Å². The summed E-state index contributed by atoms with van der Waals surface area (Å²) in [6.45, 7) is 2.98. The lowest BCUT2D eigenvalue weighted by Gasteiger charge is -2.08. The fourth-order valence-corrected chi connectivity index (χ4v) is 1.61. The standard InChI is InChI=1S/C12H18N2O.H2/c1-3-11-12(15-2)7-6-10(14-11)8-13-9-4-5-9;/h6-7,9,13H,3-5,8H2,1-2H3;1H. The van der Waals surface area contributed by atoms with Crippen LogP contribution < -0.4 is 10.1 Å². The normalized spacial score (nSPS) is 15.3. The molecular weight excluding hydrogens is 188 g/mol. The van der Waals surface area contributed by atoms with Crippen LogP contribution in [0, 0.1) is 0 Å². The molecule has 3 heteroatoms. The van der Waals surface area contributed by atoms with Gasteiger partial charge in [-0.1, -0.05) is 6.92 Å². The second-order valence-electron chi connectivity index (χ2n) is 3.96. The third-order valence-corrected chi connectivity index (χ3v) is 2.69. The van der Waals surface area contributed by atoms with Crippen molar-refractivity contribution in [2.45, 2.75) is 38.8 Å². The van der Waals surface area contributed by atoms with Gasteiger partial charge in [-0.25, -0.2) is 0 Å². The van der Waals surface area contributed by atoms with Gasteiger partial charge in [0.05, 0.1) is 18.5 Å². The lowest BCUT2D eigenvalue weighted by Crippen LogP contribution is -2.16. The number of nitrogens with one attached hydrogen (secondary N) is 1. The molecule has 0 unspecified atom stereocenters. The first-order valence-electron chi connectivity index (χ1n) is 5.59. The molecule has 1 fully saturated rings. The van der Waals surface area contributed by atoms with E-state index < -0.39 is 0 Å². The van der Waals surface area contributed by atoms with Gasteiger partial charge in [-0.3, -0.25) is 4.98 Å². The lowest BCUT2D eigenvalue weighted by molar-refractivity contribution is 0.406. The van der Waals surface area contributed by atoms with E-state index in [1.54, 1.807) is 7.11 Å². The number of ether oxygens (including phenoxy) is 1. The molecule has 1 N–H and O–H groups in total. The highest BCUT2D eigenvalue weighted by Gasteiger charge is 2.20. The Kier molecular flexibility index (Phi) is 3.21. The van der Waals surface area contributed by atoms with E-state index in [0.717, 1.165) is 36.1 Å². The lowest BCUT2D eigenvalue weighted by atomic mass is 10.2. The molecule has 84 valence electrons. The van der Waals surface area contributed by atoms with Crippen molar-refractivity contribution in [2.75, 3.05) is 7.11 Å². The van der Waals surface area contributed by atoms with Crippen molar-refractivity contribution in [3.05, 3.63) is 23.5 Å². The summed E-state index contributed by atoms with van der Waals surface area (Å²) in [5.74, 6) is 0.896. The van der Waals surface area contributed by atoms with Gasteiger partial charge in [-0.05, 0) is 31.4 Å². The first kappa shape index (κ1) is 10.4. The molecule has 0 radical (unpaired) electrons. The molecule has 0 spiro atoms. The van der Waals surface area contributed by atoms with E-state index in [9.17, 15) is 0 Å². The van der Waals surface area contributed by atoms with Crippen LogP contribution in [0.5, 0.6) is 5.75 Å². The Bertz CT molecular complexity index is 340. The molecule has 0 aromatic carbocycles. The largest absolute Gasteiger partial charge is 0.495 e. The van der Waals surface area contributed by atoms with Crippen molar-refractivity contribution >= 4 is 0 Å². The smallest absolute Gasteiger partial charge is 0.140 e. The van der Waals surface area contributed by atoms with Gasteiger partial charge in [0, 0.05) is 14.0 Å². The summed E-state index contributed by atoms with van der Waals surface area (Å²) in [5, 5.41) is 3.46. The Morgan fingerprint density at radius 2 is 2.33 bits per heavy atom. The summed E-state index contributed by atoms with van der Waals surface area (Å²) in [4.78, 5) is 4.57. The zero-order valence-electron chi connectivity index (χ0n) is 9.42. The topological polar surface area (TPSA) is 34.2 Å². The highest BCUT2D eigenvalue weighted by Crippen LogP contribution is 2.20. The van der Waals surface area contributed by atoms with Crippen LogP contribution in [0.2, 0.25) is 0 Å². The van der Waals surface area contributed by atoms with Gasteiger partial charge in [-0.2, -0.15) is 0 Å². The molecule has 0 saturated heterocycles.